The summed E-state index contributed by atoms with van der Waals surface area (Å²) in [7, 11) is 0. The minimum absolute atomic E-state index is 0.0255. The maximum atomic E-state index is 12.3. The minimum Gasteiger partial charge on any atom is -0.508 e. The molecular weight excluding hydrogens is 288 g/mol. The summed E-state index contributed by atoms with van der Waals surface area (Å²) in [5.41, 5.74) is -0.567. The van der Waals surface area contributed by atoms with E-state index in [1.54, 1.807) is 0 Å². The number of allylic oxidation sites excluding steroid dienone is 1. The van der Waals surface area contributed by atoms with Crippen LogP contribution in [0, 0.1) is 0 Å². The molecule has 0 bridgehead atoms. The first-order chi connectivity index (χ1) is 10.5. The van der Waals surface area contributed by atoms with E-state index in [4.69, 9.17) is 4.42 Å². The van der Waals surface area contributed by atoms with Crippen molar-refractivity contribution >= 4 is 6.08 Å². The fourth-order valence-corrected chi connectivity index (χ4v) is 2.22. The summed E-state index contributed by atoms with van der Waals surface area (Å²) in [6.07, 6.45) is 2.34. The van der Waals surface area contributed by atoms with Crippen LogP contribution >= 0.6 is 0 Å². The molecule has 1 aliphatic carbocycles. The number of benzene rings is 1. The Morgan fingerprint density at radius 2 is 1.73 bits per heavy atom. The topological polar surface area (TPSA) is 111 Å². The predicted molar refractivity (Wildman–Crippen MR) is 78.4 cm³/mol. The van der Waals surface area contributed by atoms with Crippen molar-refractivity contribution in [3.8, 4) is 22.8 Å². The molecule has 6 heteroatoms. The molecule has 0 radical (unpaired) electrons. The van der Waals surface area contributed by atoms with Gasteiger partial charge in [-0.2, -0.15) is 0 Å². The van der Waals surface area contributed by atoms with Crippen molar-refractivity contribution in [1.82, 2.24) is 0 Å². The Morgan fingerprint density at radius 1 is 1.05 bits per heavy atom. The number of hydrogen-bond donors (Lipinski definition) is 4. The number of rotatable bonds is 1. The van der Waals surface area contributed by atoms with E-state index >= 15 is 0 Å². The number of hydrogen-bond acceptors (Lipinski definition) is 6. The van der Waals surface area contributed by atoms with Gasteiger partial charge >= 0.3 is 0 Å². The number of aliphatic hydroxyl groups is 2. The summed E-state index contributed by atoms with van der Waals surface area (Å²) >= 11 is 0. The van der Waals surface area contributed by atoms with E-state index in [-0.39, 0.29) is 28.6 Å². The average molecular weight is 300 g/mol. The average Bonchev–Trinajstić information content (AvgIpc) is 2.63. The number of aromatic hydroxyl groups is 2. The molecule has 1 unspecified atom stereocenters. The van der Waals surface area contributed by atoms with Crippen LogP contribution in [0.5, 0.6) is 11.5 Å². The van der Waals surface area contributed by atoms with Crippen molar-refractivity contribution in [2.24, 2.45) is 0 Å². The molecule has 0 fully saturated rings. The first-order valence-corrected chi connectivity index (χ1v) is 6.43. The molecule has 112 valence electrons. The quantitative estimate of drug-likeness (QED) is 0.642. The second-order valence-corrected chi connectivity index (χ2v) is 4.81. The Hall–Kier alpha value is -2.99. The Bertz CT molecular complexity index is 842. The summed E-state index contributed by atoms with van der Waals surface area (Å²) in [5.74, 6) is -0.963. The van der Waals surface area contributed by atoms with Crippen molar-refractivity contribution in [3.05, 3.63) is 63.7 Å². The van der Waals surface area contributed by atoms with Gasteiger partial charge in [0.2, 0.25) is 11.2 Å². The molecule has 1 heterocycles. The van der Waals surface area contributed by atoms with Crippen LogP contribution in [0.15, 0.2) is 51.4 Å². The maximum Gasteiger partial charge on any atom is 0.233 e. The third-order valence-electron chi connectivity index (χ3n) is 3.31. The molecular formula is C16H12O6. The highest BCUT2D eigenvalue weighted by Gasteiger charge is 2.24. The molecule has 0 aliphatic heterocycles. The molecule has 1 aliphatic rings. The molecule has 0 amide bonds. The Balaban J connectivity index is 2.28. The van der Waals surface area contributed by atoms with E-state index in [2.05, 4.69) is 0 Å². The van der Waals surface area contributed by atoms with E-state index in [1.807, 2.05) is 0 Å². The molecule has 3 rings (SSSR count). The lowest BCUT2D eigenvalue weighted by molar-refractivity contribution is 0.222. The highest BCUT2D eigenvalue weighted by molar-refractivity contribution is 5.68. The molecule has 0 spiro atoms. The standard InChI is InChI=1S/C16H12O6/c17-9-3-1-8(2-4-9)16-15(21)14(20)13-11(19)6-5-10(18)7-12(13)22-16/h1-7,11,17-19,21H. The molecule has 22 heavy (non-hydrogen) atoms. The zero-order valence-electron chi connectivity index (χ0n) is 11.2. The number of fused-ring (bicyclic) bond motifs is 1. The van der Waals surface area contributed by atoms with Crippen LogP contribution in [0.4, 0.5) is 0 Å². The van der Waals surface area contributed by atoms with Crippen LogP contribution in [0.25, 0.3) is 17.4 Å². The Kier molecular flexibility index (Phi) is 3.23. The first kappa shape index (κ1) is 14.0. The third kappa shape index (κ3) is 2.25. The Labute approximate surface area is 124 Å². The zero-order valence-corrected chi connectivity index (χ0v) is 11.2. The van der Waals surface area contributed by atoms with Gasteiger partial charge in [0.25, 0.3) is 0 Å². The highest BCUT2D eigenvalue weighted by atomic mass is 16.4. The van der Waals surface area contributed by atoms with Gasteiger partial charge in [0, 0.05) is 11.6 Å². The molecule has 1 aromatic heterocycles. The summed E-state index contributed by atoms with van der Waals surface area (Å²) < 4.78 is 5.49. The second kappa shape index (κ2) is 5.09. The van der Waals surface area contributed by atoms with Gasteiger partial charge in [-0.25, -0.2) is 0 Å². The smallest absolute Gasteiger partial charge is 0.233 e. The van der Waals surface area contributed by atoms with Crippen LogP contribution in [-0.2, 0) is 0 Å². The normalized spacial score (nSPS) is 16.8. The second-order valence-electron chi connectivity index (χ2n) is 4.81. The van der Waals surface area contributed by atoms with Gasteiger partial charge in [-0.05, 0) is 36.4 Å². The monoisotopic (exact) mass is 300 g/mol. The summed E-state index contributed by atoms with van der Waals surface area (Å²) in [5, 5.41) is 38.9. The van der Waals surface area contributed by atoms with E-state index in [0.717, 1.165) is 0 Å². The van der Waals surface area contributed by atoms with Crippen molar-refractivity contribution in [2.45, 2.75) is 6.10 Å². The van der Waals surface area contributed by atoms with Crippen LogP contribution in [0.3, 0.4) is 0 Å². The number of phenolic OH excluding ortho intramolecular Hbond substituents is 1. The van der Waals surface area contributed by atoms with E-state index < -0.39 is 17.3 Å². The summed E-state index contributed by atoms with van der Waals surface area (Å²) in [6.45, 7) is 0. The predicted octanol–water partition coefficient (Wildman–Crippen LogP) is 2.22. The minimum atomic E-state index is -1.30. The number of aliphatic hydroxyl groups excluding tert-OH is 2. The van der Waals surface area contributed by atoms with Gasteiger partial charge in [-0.3, -0.25) is 4.79 Å². The van der Waals surface area contributed by atoms with Crippen LogP contribution in [0.2, 0.25) is 0 Å². The number of phenols is 1. The van der Waals surface area contributed by atoms with Crippen molar-refractivity contribution in [1.29, 1.82) is 0 Å². The molecule has 0 saturated carbocycles. The summed E-state index contributed by atoms with van der Waals surface area (Å²) in [4.78, 5) is 12.3. The van der Waals surface area contributed by atoms with Gasteiger partial charge in [-0.1, -0.05) is 0 Å². The lowest BCUT2D eigenvalue weighted by Gasteiger charge is -2.11. The van der Waals surface area contributed by atoms with E-state index in [0.29, 0.717) is 5.56 Å². The van der Waals surface area contributed by atoms with Gasteiger partial charge in [0.1, 0.15) is 23.4 Å². The fraction of sp³-hybridized carbons (Fsp3) is 0.0625. The lowest BCUT2D eigenvalue weighted by Crippen LogP contribution is -2.14. The lowest BCUT2D eigenvalue weighted by atomic mass is 10.1. The largest absolute Gasteiger partial charge is 0.508 e. The Morgan fingerprint density at radius 3 is 2.41 bits per heavy atom. The molecule has 2 aromatic rings. The van der Waals surface area contributed by atoms with Crippen LogP contribution in [-0.4, -0.2) is 20.4 Å². The van der Waals surface area contributed by atoms with Crippen molar-refractivity contribution < 1.29 is 24.8 Å². The molecule has 6 nitrogen and oxygen atoms in total. The summed E-state index contributed by atoms with van der Waals surface area (Å²) in [6, 6.07) is 5.69. The highest BCUT2D eigenvalue weighted by Crippen LogP contribution is 2.33. The van der Waals surface area contributed by atoms with Gasteiger partial charge < -0.3 is 24.8 Å². The van der Waals surface area contributed by atoms with Crippen LogP contribution < -0.4 is 5.43 Å². The van der Waals surface area contributed by atoms with E-state index in [9.17, 15) is 25.2 Å². The molecule has 1 aromatic carbocycles. The SMILES string of the molecule is O=c1c(O)c(-c2ccc(O)cc2)oc2c1C(O)C=CC(O)=C2. The van der Waals surface area contributed by atoms with Crippen molar-refractivity contribution in [2.75, 3.05) is 0 Å². The molecule has 1 atom stereocenters. The van der Waals surface area contributed by atoms with Crippen molar-refractivity contribution in [3.63, 3.8) is 0 Å². The zero-order chi connectivity index (χ0) is 15.9. The third-order valence-corrected chi connectivity index (χ3v) is 3.31. The van der Waals surface area contributed by atoms with Gasteiger partial charge in [0.05, 0.1) is 5.56 Å². The molecule has 0 saturated heterocycles. The molecule has 4 N–H and O–H groups in total. The van der Waals surface area contributed by atoms with E-state index in [1.165, 1.54) is 42.5 Å². The van der Waals surface area contributed by atoms with Gasteiger partial charge in [0.15, 0.2) is 5.76 Å². The van der Waals surface area contributed by atoms with Gasteiger partial charge in [-0.15, -0.1) is 0 Å². The fourth-order valence-electron chi connectivity index (χ4n) is 2.22. The maximum absolute atomic E-state index is 12.3. The van der Waals surface area contributed by atoms with Crippen LogP contribution in [0.1, 0.15) is 17.4 Å². The first-order valence-electron chi connectivity index (χ1n) is 6.43.